The van der Waals surface area contributed by atoms with E-state index >= 15 is 0 Å². The fourth-order valence-electron chi connectivity index (χ4n) is 4.16. The zero-order chi connectivity index (χ0) is 19.7. The van der Waals surface area contributed by atoms with Gasteiger partial charge in [-0.05, 0) is 23.3 Å². The molecule has 2 fully saturated rings. The van der Waals surface area contributed by atoms with Gasteiger partial charge in [0.05, 0.1) is 0 Å². The summed E-state index contributed by atoms with van der Waals surface area (Å²) in [6.45, 7) is 2.24. The molecule has 0 aliphatic carbocycles. The first-order valence-electron chi connectivity index (χ1n) is 9.61. The molecule has 2 aromatic rings. The van der Waals surface area contributed by atoms with Crippen LogP contribution in [-0.2, 0) is 22.6 Å². The molecule has 0 aromatic heterocycles. The number of hydrogen-bond donors (Lipinski definition) is 0. The number of piperazine rings is 2. The summed E-state index contributed by atoms with van der Waals surface area (Å²) < 4.78 is 13.4. The van der Waals surface area contributed by atoms with Crippen molar-refractivity contribution in [3.63, 3.8) is 0 Å². The maximum atomic E-state index is 13.4. The van der Waals surface area contributed by atoms with Gasteiger partial charge < -0.3 is 9.80 Å². The van der Waals surface area contributed by atoms with E-state index in [-0.39, 0.29) is 17.6 Å². The first-order valence-corrected chi connectivity index (χ1v) is 9.61. The third-order valence-corrected chi connectivity index (χ3v) is 5.70. The number of halogens is 1. The molecule has 2 aromatic carbocycles. The molecule has 0 saturated carbocycles. The highest BCUT2D eigenvalue weighted by Gasteiger charge is 2.46. The molecule has 6 heteroatoms. The monoisotopic (exact) mass is 381 g/mol. The molecule has 0 bridgehead atoms. The van der Waals surface area contributed by atoms with Crippen LogP contribution in [-0.4, -0.2) is 65.3 Å². The molecular weight excluding hydrogens is 357 g/mol. The molecule has 4 rings (SSSR count). The first kappa shape index (κ1) is 18.6. The Morgan fingerprint density at radius 3 is 2.46 bits per heavy atom. The maximum absolute atomic E-state index is 13.4. The van der Waals surface area contributed by atoms with E-state index in [2.05, 4.69) is 4.90 Å². The lowest BCUT2D eigenvalue weighted by Crippen LogP contribution is -2.69. The molecule has 2 saturated heterocycles. The molecule has 2 amide bonds. The van der Waals surface area contributed by atoms with Crippen LogP contribution in [0.2, 0.25) is 0 Å². The molecule has 0 spiro atoms. The number of nitrogens with zero attached hydrogens (tertiary/aromatic N) is 3. The van der Waals surface area contributed by atoms with E-state index in [1.54, 1.807) is 22.9 Å². The lowest BCUT2D eigenvalue weighted by atomic mass is 9.97. The Bertz CT molecular complexity index is 873. The first-order chi connectivity index (χ1) is 13.5. The van der Waals surface area contributed by atoms with Crippen LogP contribution in [0, 0.1) is 5.82 Å². The Balaban J connectivity index is 1.47. The number of likely N-dealkylation sites (N-methyl/N-ethyl adjacent to an activating group) is 1. The third-order valence-electron chi connectivity index (χ3n) is 5.70. The van der Waals surface area contributed by atoms with Crippen LogP contribution in [0.3, 0.4) is 0 Å². The fraction of sp³-hybridized carbons (Fsp3) is 0.364. The number of hydrogen-bond acceptors (Lipinski definition) is 3. The lowest BCUT2D eigenvalue weighted by Gasteiger charge is -2.48. The number of carbonyl (C=O) groups is 2. The minimum Gasteiger partial charge on any atom is -0.332 e. The van der Waals surface area contributed by atoms with Gasteiger partial charge in [-0.2, -0.15) is 0 Å². The van der Waals surface area contributed by atoms with Crippen LogP contribution in [0.5, 0.6) is 0 Å². The summed E-state index contributed by atoms with van der Waals surface area (Å²) in [5, 5.41) is 0. The SMILES string of the molecule is CN1C(=O)[C@H]2CN(Cc3cccc(F)c3)CCN2C(=O)[C@@H]1Cc1ccccc1. The summed E-state index contributed by atoms with van der Waals surface area (Å²) in [7, 11) is 1.72. The van der Waals surface area contributed by atoms with Crippen molar-refractivity contribution in [2.75, 3.05) is 26.7 Å². The number of carbonyl (C=O) groups excluding carboxylic acids is 2. The van der Waals surface area contributed by atoms with Gasteiger partial charge in [-0.25, -0.2) is 4.39 Å². The standard InChI is InChI=1S/C22H24FN3O2/c1-24-19(13-16-6-3-2-4-7-16)22(28)26-11-10-25(15-20(26)21(24)27)14-17-8-5-9-18(23)12-17/h2-9,12,19-20H,10-11,13-15H2,1H3/t19-,20+/m0/s1. The zero-order valence-corrected chi connectivity index (χ0v) is 15.9. The van der Waals surface area contributed by atoms with Crippen LogP contribution < -0.4 is 0 Å². The van der Waals surface area contributed by atoms with E-state index in [1.165, 1.54) is 12.1 Å². The zero-order valence-electron chi connectivity index (χ0n) is 15.9. The molecule has 2 aliphatic heterocycles. The summed E-state index contributed by atoms with van der Waals surface area (Å²) in [5.41, 5.74) is 1.92. The summed E-state index contributed by atoms with van der Waals surface area (Å²) in [6, 6.07) is 15.4. The van der Waals surface area contributed by atoms with Crippen molar-refractivity contribution in [3.05, 3.63) is 71.5 Å². The van der Waals surface area contributed by atoms with Gasteiger partial charge in [-0.15, -0.1) is 0 Å². The highest BCUT2D eigenvalue weighted by Crippen LogP contribution is 2.24. The molecule has 146 valence electrons. The second kappa shape index (κ2) is 7.72. The lowest BCUT2D eigenvalue weighted by molar-refractivity contribution is -0.164. The van der Waals surface area contributed by atoms with E-state index in [1.807, 2.05) is 36.4 Å². The second-order valence-electron chi connectivity index (χ2n) is 7.57. The Morgan fingerprint density at radius 2 is 1.71 bits per heavy atom. The van der Waals surface area contributed by atoms with E-state index in [0.29, 0.717) is 32.6 Å². The number of amides is 2. The van der Waals surface area contributed by atoms with Gasteiger partial charge in [0.15, 0.2) is 0 Å². The molecular formula is C22H24FN3O2. The molecule has 5 nitrogen and oxygen atoms in total. The Labute approximate surface area is 164 Å². The molecule has 0 radical (unpaired) electrons. The van der Waals surface area contributed by atoms with Gasteiger partial charge in [0.25, 0.3) is 0 Å². The largest absolute Gasteiger partial charge is 0.332 e. The molecule has 2 heterocycles. The van der Waals surface area contributed by atoms with E-state index < -0.39 is 12.1 Å². The second-order valence-corrected chi connectivity index (χ2v) is 7.57. The maximum Gasteiger partial charge on any atom is 0.247 e. The van der Waals surface area contributed by atoms with Crippen LogP contribution in [0.1, 0.15) is 11.1 Å². The molecule has 2 atom stereocenters. The predicted molar refractivity (Wildman–Crippen MR) is 104 cm³/mol. The van der Waals surface area contributed by atoms with Crippen molar-refractivity contribution < 1.29 is 14.0 Å². The highest BCUT2D eigenvalue weighted by atomic mass is 19.1. The van der Waals surface area contributed by atoms with Gasteiger partial charge in [0.1, 0.15) is 17.9 Å². The average molecular weight is 381 g/mol. The molecule has 0 unspecified atom stereocenters. The van der Waals surface area contributed by atoms with Crippen LogP contribution in [0.15, 0.2) is 54.6 Å². The minimum absolute atomic E-state index is 0.0151. The van der Waals surface area contributed by atoms with Crippen molar-refractivity contribution in [1.29, 1.82) is 0 Å². The summed E-state index contributed by atoms with van der Waals surface area (Å²) in [6.07, 6.45) is 0.526. The number of fused-ring (bicyclic) bond motifs is 1. The van der Waals surface area contributed by atoms with Crippen LogP contribution >= 0.6 is 0 Å². The van der Waals surface area contributed by atoms with Crippen LogP contribution in [0.25, 0.3) is 0 Å². The third kappa shape index (κ3) is 3.64. The van der Waals surface area contributed by atoms with Gasteiger partial charge in [-0.3, -0.25) is 14.5 Å². The quantitative estimate of drug-likeness (QED) is 0.813. The number of rotatable bonds is 4. The van der Waals surface area contributed by atoms with E-state index in [4.69, 9.17) is 0 Å². The Morgan fingerprint density at radius 1 is 0.964 bits per heavy atom. The van der Waals surface area contributed by atoms with Crippen molar-refractivity contribution in [1.82, 2.24) is 14.7 Å². The topological polar surface area (TPSA) is 43.9 Å². The van der Waals surface area contributed by atoms with Crippen LogP contribution in [0.4, 0.5) is 4.39 Å². The molecule has 28 heavy (non-hydrogen) atoms. The predicted octanol–water partition coefficient (Wildman–Crippen LogP) is 1.92. The van der Waals surface area contributed by atoms with Crippen molar-refractivity contribution in [3.8, 4) is 0 Å². The van der Waals surface area contributed by atoms with Gasteiger partial charge in [0.2, 0.25) is 11.8 Å². The van der Waals surface area contributed by atoms with Gasteiger partial charge in [0, 0.05) is 39.6 Å². The number of benzene rings is 2. The summed E-state index contributed by atoms with van der Waals surface area (Å²) in [4.78, 5) is 31.5. The fourth-order valence-corrected chi connectivity index (χ4v) is 4.16. The normalized spacial score (nSPS) is 23.1. The molecule has 2 aliphatic rings. The van der Waals surface area contributed by atoms with E-state index in [9.17, 15) is 14.0 Å². The summed E-state index contributed by atoms with van der Waals surface area (Å²) in [5.74, 6) is -0.269. The van der Waals surface area contributed by atoms with Crippen molar-refractivity contribution >= 4 is 11.8 Å². The van der Waals surface area contributed by atoms with E-state index in [0.717, 1.165) is 11.1 Å². The highest BCUT2D eigenvalue weighted by molar-refractivity contribution is 5.97. The van der Waals surface area contributed by atoms with Gasteiger partial charge >= 0.3 is 0 Å². The van der Waals surface area contributed by atoms with Crippen molar-refractivity contribution in [2.45, 2.75) is 25.0 Å². The molecule has 0 N–H and O–H groups in total. The smallest absolute Gasteiger partial charge is 0.247 e. The Hall–Kier alpha value is -2.73. The van der Waals surface area contributed by atoms with Crippen molar-refractivity contribution in [2.24, 2.45) is 0 Å². The average Bonchev–Trinajstić information content (AvgIpc) is 2.70. The summed E-state index contributed by atoms with van der Waals surface area (Å²) >= 11 is 0. The van der Waals surface area contributed by atoms with Gasteiger partial charge in [-0.1, -0.05) is 42.5 Å². The minimum atomic E-state index is -0.466. The Kier molecular flexibility index (Phi) is 5.13.